The maximum absolute atomic E-state index is 13.4. The SMILES string of the molecule is CC(N)c1cnn(-c2ccccc2F)c1.[Cl-]. The lowest BCUT2D eigenvalue weighted by molar-refractivity contribution is -0.00000386. The minimum absolute atomic E-state index is 0. The molecule has 0 aliphatic heterocycles. The highest BCUT2D eigenvalue weighted by Gasteiger charge is 2.07. The van der Waals surface area contributed by atoms with Crippen molar-refractivity contribution in [2.75, 3.05) is 0 Å². The van der Waals surface area contributed by atoms with Crippen LogP contribution in [0.1, 0.15) is 18.5 Å². The van der Waals surface area contributed by atoms with Crippen molar-refractivity contribution in [3.63, 3.8) is 0 Å². The second kappa shape index (κ2) is 5.09. The van der Waals surface area contributed by atoms with Crippen LogP contribution in [-0.2, 0) is 0 Å². The van der Waals surface area contributed by atoms with Crippen LogP contribution in [0, 0.1) is 5.82 Å². The molecule has 0 amide bonds. The van der Waals surface area contributed by atoms with E-state index in [4.69, 9.17) is 5.73 Å². The summed E-state index contributed by atoms with van der Waals surface area (Å²) in [6.07, 6.45) is 3.39. The predicted molar refractivity (Wildman–Crippen MR) is 56.1 cm³/mol. The smallest absolute Gasteiger partial charge is 0.148 e. The van der Waals surface area contributed by atoms with Gasteiger partial charge in [-0.05, 0) is 19.1 Å². The van der Waals surface area contributed by atoms with Gasteiger partial charge in [0.1, 0.15) is 11.5 Å². The van der Waals surface area contributed by atoms with E-state index in [0.29, 0.717) is 5.69 Å². The lowest BCUT2D eigenvalue weighted by Crippen LogP contribution is -3.00. The molecule has 0 saturated heterocycles. The van der Waals surface area contributed by atoms with Gasteiger partial charge in [-0.1, -0.05) is 12.1 Å². The molecule has 0 aliphatic rings. The second-order valence-corrected chi connectivity index (χ2v) is 3.46. The van der Waals surface area contributed by atoms with Crippen molar-refractivity contribution in [3.05, 3.63) is 48.0 Å². The van der Waals surface area contributed by atoms with E-state index in [9.17, 15) is 4.39 Å². The Bertz CT molecular complexity index is 468. The van der Waals surface area contributed by atoms with Crippen molar-refractivity contribution < 1.29 is 16.8 Å². The van der Waals surface area contributed by atoms with Crippen molar-refractivity contribution in [2.24, 2.45) is 5.73 Å². The lowest BCUT2D eigenvalue weighted by Gasteiger charge is -2.02. The molecule has 2 N–H and O–H groups in total. The largest absolute Gasteiger partial charge is 1.00 e. The summed E-state index contributed by atoms with van der Waals surface area (Å²) in [4.78, 5) is 0. The summed E-state index contributed by atoms with van der Waals surface area (Å²) in [5.74, 6) is -0.295. The van der Waals surface area contributed by atoms with Gasteiger partial charge >= 0.3 is 0 Å². The van der Waals surface area contributed by atoms with Gasteiger partial charge in [0.25, 0.3) is 0 Å². The molecule has 2 rings (SSSR count). The van der Waals surface area contributed by atoms with E-state index in [1.165, 1.54) is 10.7 Å². The third kappa shape index (κ3) is 2.40. The fourth-order valence-electron chi connectivity index (χ4n) is 1.34. The Labute approximate surface area is 99.5 Å². The Kier molecular flexibility index (Phi) is 4.04. The predicted octanol–water partition coefficient (Wildman–Crippen LogP) is -0.965. The standard InChI is InChI=1S/C11H12FN3.ClH/c1-8(13)9-6-14-15(7-9)11-5-3-2-4-10(11)12;/h2-8H,13H2,1H3;1H/p-1. The van der Waals surface area contributed by atoms with Crippen molar-refractivity contribution in [2.45, 2.75) is 13.0 Å². The normalized spacial score (nSPS) is 11.9. The number of halogens is 2. The maximum Gasteiger partial charge on any atom is 0.148 e. The number of aromatic nitrogens is 2. The summed E-state index contributed by atoms with van der Waals surface area (Å²) in [5.41, 5.74) is 7.02. The fraction of sp³-hybridized carbons (Fsp3) is 0.182. The quantitative estimate of drug-likeness (QED) is 0.735. The maximum atomic E-state index is 13.4. The van der Waals surface area contributed by atoms with Crippen LogP contribution in [0.5, 0.6) is 0 Å². The molecule has 0 saturated carbocycles. The average molecular weight is 241 g/mol. The molecule has 5 heteroatoms. The number of hydrogen-bond donors (Lipinski definition) is 1. The van der Waals surface area contributed by atoms with Crippen molar-refractivity contribution in [1.29, 1.82) is 0 Å². The molecule has 0 spiro atoms. The molecule has 1 unspecified atom stereocenters. The van der Waals surface area contributed by atoms with Crippen LogP contribution >= 0.6 is 0 Å². The minimum Gasteiger partial charge on any atom is -1.00 e. The number of nitrogens with zero attached hydrogens (tertiary/aromatic N) is 2. The summed E-state index contributed by atoms with van der Waals surface area (Å²) in [6.45, 7) is 1.86. The third-order valence-corrected chi connectivity index (χ3v) is 2.23. The molecule has 1 aromatic carbocycles. The van der Waals surface area contributed by atoms with Crippen molar-refractivity contribution >= 4 is 0 Å². The topological polar surface area (TPSA) is 43.8 Å². The molecule has 1 atom stereocenters. The van der Waals surface area contributed by atoms with E-state index in [1.54, 1.807) is 30.6 Å². The Morgan fingerprint density at radius 1 is 1.38 bits per heavy atom. The van der Waals surface area contributed by atoms with Gasteiger partial charge in [0.2, 0.25) is 0 Å². The molecular formula is C11H12ClFN3-. The lowest BCUT2D eigenvalue weighted by atomic mass is 10.2. The molecule has 1 aromatic heterocycles. The molecule has 16 heavy (non-hydrogen) atoms. The summed E-state index contributed by atoms with van der Waals surface area (Å²) in [6, 6.07) is 6.40. The zero-order valence-electron chi connectivity index (χ0n) is 8.77. The highest BCUT2D eigenvalue weighted by Crippen LogP contribution is 2.14. The van der Waals surface area contributed by atoms with E-state index >= 15 is 0 Å². The summed E-state index contributed by atoms with van der Waals surface area (Å²) >= 11 is 0. The Balaban J connectivity index is 0.00000128. The minimum atomic E-state index is -0.295. The number of hydrogen-bond acceptors (Lipinski definition) is 2. The van der Waals surface area contributed by atoms with Gasteiger partial charge < -0.3 is 18.1 Å². The van der Waals surface area contributed by atoms with Gasteiger partial charge in [-0.15, -0.1) is 0 Å². The molecule has 0 bridgehead atoms. The first-order valence-electron chi connectivity index (χ1n) is 4.73. The van der Waals surface area contributed by atoms with Crippen molar-refractivity contribution in [1.82, 2.24) is 9.78 Å². The summed E-state index contributed by atoms with van der Waals surface area (Å²) < 4.78 is 14.9. The van der Waals surface area contributed by atoms with Crippen LogP contribution in [-0.4, -0.2) is 9.78 Å². The summed E-state index contributed by atoms with van der Waals surface area (Å²) in [7, 11) is 0. The monoisotopic (exact) mass is 240 g/mol. The van der Waals surface area contributed by atoms with Crippen molar-refractivity contribution in [3.8, 4) is 5.69 Å². The summed E-state index contributed by atoms with van der Waals surface area (Å²) in [5, 5.41) is 4.07. The third-order valence-electron chi connectivity index (χ3n) is 2.23. The number of para-hydroxylation sites is 1. The second-order valence-electron chi connectivity index (χ2n) is 3.46. The van der Waals surface area contributed by atoms with Crippen LogP contribution in [0.2, 0.25) is 0 Å². The Morgan fingerprint density at radius 2 is 2.06 bits per heavy atom. The Morgan fingerprint density at radius 3 is 2.62 bits per heavy atom. The molecule has 1 heterocycles. The van der Waals surface area contributed by atoms with Crippen LogP contribution in [0.3, 0.4) is 0 Å². The van der Waals surface area contributed by atoms with E-state index in [2.05, 4.69) is 5.10 Å². The van der Waals surface area contributed by atoms with Gasteiger partial charge in [0, 0.05) is 17.8 Å². The first kappa shape index (κ1) is 12.7. The van der Waals surface area contributed by atoms with E-state index in [-0.39, 0.29) is 24.3 Å². The first-order valence-corrected chi connectivity index (χ1v) is 4.73. The zero-order valence-corrected chi connectivity index (χ0v) is 9.53. The first-order chi connectivity index (χ1) is 7.18. The van der Waals surface area contributed by atoms with Crippen LogP contribution in [0.15, 0.2) is 36.7 Å². The molecule has 3 nitrogen and oxygen atoms in total. The van der Waals surface area contributed by atoms with Gasteiger partial charge in [-0.2, -0.15) is 5.10 Å². The van der Waals surface area contributed by atoms with Gasteiger partial charge in [0.15, 0.2) is 0 Å². The highest BCUT2D eigenvalue weighted by atomic mass is 35.5. The van der Waals surface area contributed by atoms with Crippen LogP contribution in [0.25, 0.3) is 5.69 Å². The van der Waals surface area contributed by atoms with E-state index in [1.807, 2.05) is 6.92 Å². The number of benzene rings is 1. The Hall–Kier alpha value is -1.39. The van der Waals surface area contributed by atoms with Crippen LogP contribution in [0.4, 0.5) is 4.39 Å². The molecule has 0 radical (unpaired) electrons. The van der Waals surface area contributed by atoms with E-state index < -0.39 is 0 Å². The van der Waals surface area contributed by atoms with E-state index in [0.717, 1.165) is 5.56 Å². The molecule has 2 aromatic rings. The average Bonchev–Trinajstić information content (AvgIpc) is 2.67. The van der Waals surface area contributed by atoms with Gasteiger partial charge in [-0.25, -0.2) is 9.07 Å². The molecule has 0 aliphatic carbocycles. The van der Waals surface area contributed by atoms with Gasteiger partial charge in [-0.3, -0.25) is 0 Å². The fourth-order valence-corrected chi connectivity index (χ4v) is 1.34. The zero-order chi connectivity index (χ0) is 10.8. The molecular weight excluding hydrogens is 229 g/mol. The number of rotatable bonds is 2. The molecule has 86 valence electrons. The highest BCUT2D eigenvalue weighted by molar-refractivity contribution is 5.33. The molecule has 0 fully saturated rings. The van der Waals surface area contributed by atoms with Crippen LogP contribution < -0.4 is 18.1 Å². The van der Waals surface area contributed by atoms with Gasteiger partial charge in [0.05, 0.1) is 6.20 Å². The number of nitrogens with two attached hydrogens (primary N) is 1.